The maximum atomic E-state index is 5.74. The Hall–Kier alpha value is -1.53. The number of methoxy groups -OCH3 is 2. The number of piperazine rings is 1. The van der Waals surface area contributed by atoms with Gasteiger partial charge in [-0.25, -0.2) is 0 Å². The van der Waals surface area contributed by atoms with Crippen LogP contribution in [0.15, 0.2) is 18.2 Å². The van der Waals surface area contributed by atoms with Crippen molar-refractivity contribution in [3.63, 3.8) is 0 Å². The van der Waals surface area contributed by atoms with Crippen LogP contribution in [0.2, 0.25) is 0 Å². The number of benzene rings is 1. The summed E-state index contributed by atoms with van der Waals surface area (Å²) in [6.45, 7) is 4.26. The molecule has 1 aromatic carbocycles. The molecule has 0 aromatic heterocycles. The number of rotatable bonds is 4. The van der Waals surface area contributed by atoms with Gasteiger partial charge in [0.2, 0.25) is 0 Å². The summed E-state index contributed by atoms with van der Waals surface area (Å²) in [7, 11) is 3.35. The summed E-state index contributed by atoms with van der Waals surface area (Å²) in [6, 6.07) is 6.59. The van der Waals surface area contributed by atoms with Crippen LogP contribution < -0.4 is 14.8 Å². The van der Waals surface area contributed by atoms with Gasteiger partial charge in [-0.1, -0.05) is 0 Å². The molecule has 1 N–H and O–H groups in total. The first-order valence-corrected chi connectivity index (χ1v) is 11.6. The van der Waals surface area contributed by atoms with E-state index in [1.165, 1.54) is 32.1 Å². The molecule has 4 saturated carbocycles. The van der Waals surface area contributed by atoms with Crippen molar-refractivity contribution in [2.45, 2.75) is 38.1 Å². The fourth-order valence-electron chi connectivity index (χ4n) is 6.82. The van der Waals surface area contributed by atoms with Crippen LogP contribution in [-0.2, 0) is 0 Å². The van der Waals surface area contributed by atoms with Crippen LogP contribution >= 0.6 is 12.2 Å². The van der Waals surface area contributed by atoms with Gasteiger partial charge < -0.3 is 19.7 Å². The highest BCUT2D eigenvalue weighted by Gasteiger charge is 2.50. The Balaban J connectivity index is 1.20. The maximum absolute atomic E-state index is 5.74. The minimum atomic E-state index is 0.778. The van der Waals surface area contributed by atoms with Gasteiger partial charge in [-0.15, -0.1) is 0 Å². The van der Waals surface area contributed by atoms with Gasteiger partial charge in [-0.3, -0.25) is 4.90 Å². The van der Waals surface area contributed by atoms with Gasteiger partial charge in [-0.05, 0) is 80.1 Å². The van der Waals surface area contributed by atoms with Crippen molar-refractivity contribution < 1.29 is 9.47 Å². The van der Waals surface area contributed by atoms with E-state index >= 15 is 0 Å². The molecule has 1 aromatic rings. The molecule has 1 saturated heterocycles. The van der Waals surface area contributed by atoms with Crippen LogP contribution in [0.4, 0.5) is 5.69 Å². The number of hydrogen-bond acceptors (Lipinski definition) is 4. The number of nitrogens with zero attached hydrogens (tertiary/aromatic N) is 2. The number of hydrogen-bond donors (Lipinski definition) is 1. The molecule has 29 heavy (non-hydrogen) atoms. The largest absolute Gasteiger partial charge is 0.497 e. The predicted octanol–water partition coefficient (Wildman–Crippen LogP) is 3.84. The summed E-state index contributed by atoms with van der Waals surface area (Å²) in [6.07, 6.45) is 7.50. The predicted molar refractivity (Wildman–Crippen MR) is 120 cm³/mol. The highest BCUT2D eigenvalue weighted by molar-refractivity contribution is 7.80. The van der Waals surface area contributed by atoms with Crippen molar-refractivity contribution in [1.82, 2.24) is 9.80 Å². The molecule has 5 fully saturated rings. The first-order valence-electron chi connectivity index (χ1n) is 11.2. The summed E-state index contributed by atoms with van der Waals surface area (Å²) in [5.74, 6) is 5.59. The molecule has 6 rings (SSSR count). The van der Waals surface area contributed by atoms with Crippen molar-refractivity contribution in [2.75, 3.05) is 45.7 Å². The lowest BCUT2D eigenvalue weighted by Crippen LogP contribution is -2.60. The Bertz CT molecular complexity index is 734. The monoisotopic (exact) mass is 415 g/mol. The fourth-order valence-corrected chi connectivity index (χ4v) is 7.11. The van der Waals surface area contributed by atoms with Gasteiger partial charge in [-0.2, -0.15) is 0 Å². The third-order valence-electron chi connectivity index (χ3n) is 7.85. The first kappa shape index (κ1) is 19.4. The molecule has 0 spiro atoms. The second-order valence-electron chi connectivity index (χ2n) is 9.44. The summed E-state index contributed by atoms with van der Waals surface area (Å²) >= 11 is 5.74. The normalized spacial score (nSPS) is 33.6. The second-order valence-corrected chi connectivity index (χ2v) is 9.83. The molecule has 5 nitrogen and oxygen atoms in total. The molecule has 0 atom stereocenters. The quantitative estimate of drug-likeness (QED) is 0.753. The van der Waals surface area contributed by atoms with Crippen molar-refractivity contribution in [3.8, 4) is 11.5 Å². The zero-order chi connectivity index (χ0) is 20.0. The van der Waals surface area contributed by atoms with Gasteiger partial charge in [0.1, 0.15) is 11.5 Å². The molecule has 1 heterocycles. The summed E-state index contributed by atoms with van der Waals surface area (Å²) in [5, 5.41) is 4.16. The Labute approximate surface area is 179 Å². The van der Waals surface area contributed by atoms with E-state index in [2.05, 4.69) is 15.1 Å². The summed E-state index contributed by atoms with van der Waals surface area (Å²) in [4.78, 5) is 5.11. The third-order valence-corrected chi connectivity index (χ3v) is 8.21. The average Bonchev–Trinajstić information content (AvgIpc) is 2.73. The van der Waals surface area contributed by atoms with Crippen LogP contribution in [0, 0.1) is 23.7 Å². The molecule has 1 aliphatic heterocycles. The van der Waals surface area contributed by atoms with Gasteiger partial charge in [0.25, 0.3) is 0 Å². The third kappa shape index (κ3) is 3.70. The van der Waals surface area contributed by atoms with E-state index in [0.717, 1.165) is 78.2 Å². The molecular weight excluding hydrogens is 382 g/mol. The fraction of sp³-hybridized carbons (Fsp3) is 0.696. The Kier molecular flexibility index (Phi) is 5.33. The van der Waals surface area contributed by atoms with E-state index < -0.39 is 0 Å². The molecule has 0 unspecified atom stereocenters. The standard InChI is InChI=1S/C23H33N3O2S/c1-27-19-3-4-21(28-2)20(14-19)24-23(29)26-7-5-25(6-8-26)22-17-10-15-9-16(12-17)13-18(22)11-15/h3-4,14-18,22H,5-13H2,1-2H3,(H,24,29). The Morgan fingerprint density at radius 2 is 1.59 bits per heavy atom. The van der Waals surface area contributed by atoms with Gasteiger partial charge >= 0.3 is 0 Å². The van der Waals surface area contributed by atoms with E-state index in [-0.39, 0.29) is 0 Å². The van der Waals surface area contributed by atoms with Crippen molar-refractivity contribution in [1.29, 1.82) is 0 Å². The Morgan fingerprint density at radius 1 is 0.931 bits per heavy atom. The highest BCUT2D eigenvalue weighted by Crippen LogP contribution is 2.55. The highest BCUT2D eigenvalue weighted by atomic mass is 32.1. The van der Waals surface area contributed by atoms with E-state index in [0.29, 0.717) is 0 Å². The molecule has 6 heteroatoms. The lowest BCUT2D eigenvalue weighted by molar-refractivity contribution is -0.0726. The van der Waals surface area contributed by atoms with Crippen LogP contribution in [0.5, 0.6) is 11.5 Å². The smallest absolute Gasteiger partial charge is 0.173 e. The Morgan fingerprint density at radius 3 is 2.17 bits per heavy atom. The molecular formula is C23H33N3O2S. The van der Waals surface area contributed by atoms with E-state index in [1.54, 1.807) is 14.2 Å². The zero-order valence-electron chi connectivity index (χ0n) is 17.6. The molecule has 0 radical (unpaired) electrons. The minimum absolute atomic E-state index is 0.778. The first-order chi connectivity index (χ1) is 14.1. The van der Waals surface area contributed by atoms with Crippen LogP contribution in [0.1, 0.15) is 32.1 Å². The molecule has 4 aliphatic carbocycles. The SMILES string of the molecule is COc1ccc(OC)c(NC(=S)N2CCN(C3C4CC5CC(C4)CC3C5)CC2)c1. The van der Waals surface area contributed by atoms with Gasteiger partial charge in [0.15, 0.2) is 5.11 Å². The van der Waals surface area contributed by atoms with Gasteiger partial charge in [0.05, 0.1) is 19.9 Å². The summed E-state index contributed by atoms with van der Waals surface area (Å²) < 4.78 is 10.8. The van der Waals surface area contributed by atoms with E-state index in [1.807, 2.05) is 18.2 Å². The zero-order valence-corrected chi connectivity index (χ0v) is 18.4. The minimum Gasteiger partial charge on any atom is -0.497 e. The van der Waals surface area contributed by atoms with E-state index in [9.17, 15) is 0 Å². The molecule has 4 bridgehead atoms. The topological polar surface area (TPSA) is 37.0 Å². The lowest BCUT2D eigenvalue weighted by atomic mass is 9.54. The van der Waals surface area contributed by atoms with Crippen molar-refractivity contribution >= 4 is 23.0 Å². The average molecular weight is 416 g/mol. The maximum Gasteiger partial charge on any atom is 0.173 e. The van der Waals surface area contributed by atoms with Crippen LogP contribution in [0.25, 0.3) is 0 Å². The van der Waals surface area contributed by atoms with Crippen LogP contribution in [0.3, 0.4) is 0 Å². The number of ether oxygens (including phenoxy) is 2. The second kappa shape index (κ2) is 7.95. The van der Waals surface area contributed by atoms with E-state index in [4.69, 9.17) is 21.7 Å². The van der Waals surface area contributed by atoms with Crippen molar-refractivity contribution in [3.05, 3.63) is 18.2 Å². The van der Waals surface area contributed by atoms with Crippen molar-refractivity contribution in [2.24, 2.45) is 23.7 Å². The van der Waals surface area contributed by atoms with Gasteiger partial charge in [0, 0.05) is 38.3 Å². The number of anilines is 1. The molecule has 158 valence electrons. The number of thiocarbonyl (C=S) groups is 1. The van der Waals surface area contributed by atoms with Crippen LogP contribution in [-0.4, -0.2) is 61.4 Å². The molecule has 0 amide bonds. The molecule has 5 aliphatic rings. The number of nitrogens with one attached hydrogen (secondary N) is 1. The lowest BCUT2D eigenvalue weighted by Gasteiger charge is -2.58. The summed E-state index contributed by atoms with van der Waals surface area (Å²) in [5.41, 5.74) is 0.861.